The molecule has 1 aromatic carbocycles. The molecule has 0 atom stereocenters. The van der Waals surface area contributed by atoms with Gasteiger partial charge in [-0.15, -0.1) is 11.3 Å². The average molecular weight is 350 g/mol. The Morgan fingerprint density at radius 2 is 2.05 bits per heavy atom. The molecule has 0 unspecified atom stereocenters. The van der Waals surface area contributed by atoms with Crippen LogP contribution in [0.25, 0.3) is 10.6 Å². The van der Waals surface area contributed by atoms with Crippen molar-refractivity contribution in [3.8, 4) is 16.4 Å². The molecule has 0 amide bonds. The largest absolute Gasteiger partial charge is 0.422 e. The molecule has 0 bridgehead atoms. The second-order valence-corrected chi connectivity index (χ2v) is 5.76. The minimum Gasteiger partial charge on any atom is -0.422 e. The number of rotatable bonds is 3. The van der Waals surface area contributed by atoms with Crippen LogP contribution in [0, 0.1) is 0 Å². The number of halogens is 1. The Balaban J connectivity index is 1.76. The van der Waals surface area contributed by atoms with Gasteiger partial charge in [-0.1, -0.05) is 27.2 Å². The average Bonchev–Trinajstić information content (AvgIpc) is 3.11. The first kappa shape index (κ1) is 13.1. The van der Waals surface area contributed by atoms with E-state index in [-0.39, 0.29) is 5.69 Å². The molecule has 100 valence electrons. The molecule has 0 N–H and O–H groups in total. The van der Waals surface area contributed by atoms with Crippen LogP contribution in [-0.4, -0.2) is 11.1 Å². The summed E-state index contributed by atoms with van der Waals surface area (Å²) in [7, 11) is 0. The van der Waals surface area contributed by atoms with Crippen molar-refractivity contribution >= 4 is 33.2 Å². The summed E-state index contributed by atoms with van der Waals surface area (Å²) in [5.41, 5.74) is 0.149. The molecule has 2 aromatic heterocycles. The first-order valence-corrected chi connectivity index (χ1v) is 7.38. The van der Waals surface area contributed by atoms with Crippen molar-refractivity contribution in [1.82, 2.24) is 5.16 Å². The lowest BCUT2D eigenvalue weighted by Crippen LogP contribution is -2.08. The summed E-state index contributed by atoms with van der Waals surface area (Å²) >= 11 is 4.83. The van der Waals surface area contributed by atoms with E-state index in [1.54, 1.807) is 30.3 Å². The maximum atomic E-state index is 11.9. The first-order valence-electron chi connectivity index (χ1n) is 5.71. The van der Waals surface area contributed by atoms with Crippen molar-refractivity contribution in [3.05, 3.63) is 58.0 Å². The Hall–Kier alpha value is -1.92. The van der Waals surface area contributed by atoms with Crippen LogP contribution in [0.5, 0.6) is 5.75 Å². The van der Waals surface area contributed by atoms with Gasteiger partial charge in [-0.25, -0.2) is 4.79 Å². The standard InChI is InChI=1S/C14H8BrNO3S/c15-9-3-5-10(6-4-9)18-14(17)11-8-12(19-16-11)13-2-1-7-20-13/h1-8H. The van der Waals surface area contributed by atoms with Crippen LogP contribution in [0.2, 0.25) is 0 Å². The van der Waals surface area contributed by atoms with Crippen molar-refractivity contribution in [2.45, 2.75) is 0 Å². The van der Waals surface area contributed by atoms with Gasteiger partial charge in [0.15, 0.2) is 11.5 Å². The van der Waals surface area contributed by atoms with Gasteiger partial charge >= 0.3 is 5.97 Å². The summed E-state index contributed by atoms with van der Waals surface area (Å²) in [4.78, 5) is 12.8. The molecule has 0 spiro atoms. The second-order valence-electron chi connectivity index (χ2n) is 3.90. The van der Waals surface area contributed by atoms with Crippen molar-refractivity contribution in [2.75, 3.05) is 0 Å². The molecule has 3 aromatic rings. The van der Waals surface area contributed by atoms with Crippen LogP contribution in [0.1, 0.15) is 10.5 Å². The highest BCUT2D eigenvalue weighted by Gasteiger charge is 2.16. The normalized spacial score (nSPS) is 10.4. The van der Waals surface area contributed by atoms with Gasteiger partial charge in [0.25, 0.3) is 0 Å². The van der Waals surface area contributed by atoms with Crippen molar-refractivity contribution in [2.24, 2.45) is 0 Å². The highest BCUT2D eigenvalue weighted by atomic mass is 79.9. The maximum Gasteiger partial charge on any atom is 0.365 e. The molecule has 0 aliphatic carbocycles. The van der Waals surface area contributed by atoms with Gasteiger partial charge < -0.3 is 9.26 Å². The molecule has 0 fully saturated rings. The summed E-state index contributed by atoms with van der Waals surface area (Å²) in [6.45, 7) is 0. The Kier molecular flexibility index (Phi) is 3.66. The number of carbonyl (C=O) groups excluding carboxylic acids is 1. The second kappa shape index (κ2) is 5.60. The smallest absolute Gasteiger partial charge is 0.365 e. The van der Waals surface area contributed by atoms with Crippen molar-refractivity contribution in [3.63, 3.8) is 0 Å². The molecule has 3 rings (SSSR count). The number of carbonyl (C=O) groups is 1. The Morgan fingerprint density at radius 3 is 2.75 bits per heavy atom. The number of nitrogens with zero attached hydrogens (tertiary/aromatic N) is 1. The van der Waals surface area contributed by atoms with E-state index in [4.69, 9.17) is 9.26 Å². The lowest BCUT2D eigenvalue weighted by atomic mass is 10.3. The summed E-state index contributed by atoms with van der Waals surface area (Å²) in [6, 6.07) is 12.4. The Labute approximate surface area is 127 Å². The number of ether oxygens (including phenoxy) is 1. The topological polar surface area (TPSA) is 52.3 Å². The first-order chi connectivity index (χ1) is 9.72. The molecule has 0 aliphatic heterocycles. The predicted molar refractivity (Wildman–Crippen MR) is 78.9 cm³/mol. The highest BCUT2D eigenvalue weighted by molar-refractivity contribution is 9.10. The van der Waals surface area contributed by atoms with E-state index < -0.39 is 5.97 Å². The zero-order chi connectivity index (χ0) is 13.9. The van der Waals surface area contributed by atoms with Crippen LogP contribution >= 0.6 is 27.3 Å². The lowest BCUT2D eigenvalue weighted by molar-refractivity contribution is 0.0724. The minimum absolute atomic E-state index is 0.149. The molecule has 0 saturated heterocycles. The summed E-state index contributed by atoms with van der Waals surface area (Å²) in [6.07, 6.45) is 0. The Morgan fingerprint density at radius 1 is 1.25 bits per heavy atom. The maximum absolute atomic E-state index is 11.9. The minimum atomic E-state index is -0.543. The number of hydrogen-bond acceptors (Lipinski definition) is 5. The fourth-order valence-corrected chi connectivity index (χ4v) is 2.51. The molecule has 20 heavy (non-hydrogen) atoms. The lowest BCUT2D eigenvalue weighted by Gasteiger charge is -2.00. The van der Waals surface area contributed by atoms with E-state index >= 15 is 0 Å². The summed E-state index contributed by atoms with van der Waals surface area (Å²) in [5.74, 6) is 0.473. The summed E-state index contributed by atoms with van der Waals surface area (Å²) < 4.78 is 11.3. The predicted octanol–water partition coefficient (Wildman–Crippen LogP) is 4.38. The fourth-order valence-electron chi connectivity index (χ4n) is 1.57. The Bertz CT molecular complexity index is 719. The van der Waals surface area contributed by atoms with Gasteiger partial charge in [-0.3, -0.25) is 0 Å². The number of benzene rings is 1. The number of aromatic nitrogens is 1. The quantitative estimate of drug-likeness (QED) is 0.519. The molecule has 0 saturated carbocycles. The van der Waals surface area contributed by atoms with Crippen LogP contribution in [-0.2, 0) is 0 Å². The van der Waals surface area contributed by atoms with E-state index in [9.17, 15) is 4.79 Å². The molecule has 0 radical (unpaired) electrons. The van der Waals surface area contributed by atoms with Crippen LogP contribution in [0.3, 0.4) is 0 Å². The van der Waals surface area contributed by atoms with E-state index in [2.05, 4.69) is 21.1 Å². The molecule has 4 nitrogen and oxygen atoms in total. The molecular formula is C14H8BrNO3S. The number of thiophene rings is 1. The van der Waals surface area contributed by atoms with E-state index in [0.29, 0.717) is 11.5 Å². The van der Waals surface area contributed by atoms with Gasteiger partial charge in [0, 0.05) is 10.5 Å². The third kappa shape index (κ3) is 2.81. The highest BCUT2D eigenvalue weighted by Crippen LogP contribution is 2.25. The third-order valence-electron chi connectivity index (χ3n) is 2.51. The van der Waals surface area contributed by atoms with Crippen LogP contribution < -0.4 is 4.74 Å². The van der Waals surface area contributed by atoms with Crippen LogP contribution in [0.4, 0.5) is 0 Å². The van der Waals surface area contributed by atoms with Crippen molar-refractivity contribution < 1.29 is 14.1 Å². The van der Waals surface area contributed by atoms with E-state index in [0.717, 1.165) is 9.35 Å². The van der Waals surface area contributed by atoms with E-state index in [1.807, 2.05) is 17.5 Å². The fraction of sp³-hybridized carbons (Fsp3) is 0. The monoisotopic (exact) mass is 349 g/mol. The molecule has 6 heteroatoms. The number of hydrogen-bond donors (Lipinski definition) is 0. The van der Waals surface area contributed by atoms with Gasteiger partial charge in [-0.2, -0.15) is 0 Å². The summed E-state index contributed by atoms with van der Waals surface area (Å²) in [5, 5.41) is 5.66. The molecule has 2 heterocycles. The third-order valence-corrected chi connectivity index (χ3v) is 3.92. The van der Waals surface area contributed by atoms with E-state index in [1.165, 1.54) is 11.3 Å². The molecule has 0 aliphatic rings. The molecular weight excluding hydrogens is 342 g/mol. The van der Waals surface area contributed by atoms with Gasteiger partial charge in [0.2, 0.25) is 0 Å². The SMILES string of the molecule is O=C(Oc1ccc(Br)cc1)c1cc(-c2cccs2)on1. The number of esters is 1. The van der Waals surface area contributed by atoms with Crippen molar-refractivity contribution in [1.29, 1.82) is 0 Å². The van der Waals surface area contributed by atoms with Gasteiger partial charge in [-0.05, 0) is 35.7 Å². The van der Waals surface area contributed by atoms with Crippen LogP contribution in [0.15, 0.2) is 56.8 Å². The zero-order valence-corrected chi connectivity index (χ0v) is 12.5. The van der Waals surface area contributed by atoms with Gasteiger partial charge in [0.05, 0.1) is 4.88 Å². The zero-order valence-electron chi connectivity index (χ0n) is 10.1. The van der Waals surface area contributed by atoms with Gasteiger partial charge in [0.1, 0.15) is 5.75 Å².